The first-order chi connectivity index (χ1) is 8.76. The summed E-state index contributed by atoms with van der Waals surface area (Å²) in [7, 11) is 3.19. The molecule has 19 heavy (non-hydrogen) atoms. The van der Waals surface area contributed by atoms with Crippen LogP contribution in [0.2, 0.25) is 5.15 Å². The van der Waals surface area contributed by atoms with Crippen LogP contribution >= 0.6 is 24.0 Å². The summed E-state index contributed by atoms with van der Waals surface area (Å²) in [4.78, 5) is 8.07. The van der Waals surface area contributed by atoms with Crippen LogP contribution in [-0.2, 0) is 4.74 Å². The van der Waals surface area contributed by atoms with E-state index in [0.717, 1.165) is 5.39 Å². The molecule has 7 heteroatoms. The second kappa shape index (κ2) is 7.33. The Hall–Kier alpha value is -1.30. The maximum absolute atomic E-state index is 6.00. The van der Waals surface area contributed by atoms with Crippen molar-refractivity contribution in [3.8, 4) is 11.5 Å². The van der Waals surface area contributed by atoms with Crippen molar-refractivity contribution in [3.05, 3.63) is 23.6 Å². The third-order valence-corrected chi connectivity index (χ3v) is 2.72. The Morgan fingerprint density at radius 1 is 1.11 bits per heavy atom. The lowest BCUT2D eigenvalue weighted by molar-refractivity contribution is 0.144. The normalized spacial score (nSPS) is 10.1. The fourth-order valence-corrected chi connectivity index (χ4v) is 1.73. The third kappa shape index (κ3) is 3.59. The molecule has 0 unspecified atom stereocenters. The molecule has 2 rings (SSSR count). The topological polar surface area (TPSA) is 53.5 Å². The van der Waals surface area contributed by atoms with Crippen molar-refractivity contribution < 1.29 is 14.2 Å². The Morgan fingerprint density at radius 2 is 1.89 bits per heavy atom. The molecule has 5 nitrogen and oxygen atoms in total. The van der Waals surface area contributed by atoms with Gasteiger partial charge in [-0.05, 0) is 6.07 Å². The fourth-order valence-electron chi connectivity index (χ4n) is 1.54. The van der Waals surface area contributed by atoms with E-state index in [-0.39, 0.29) is 12.4 Å². The molecule has 0 aliphatic rings. The van der Waals surface area contributed by atoms with E-state index in [0.29, 0.717) is 35.4 Å². The van der Waals surface area contributed by atoms with Gasteiger partial charge in [-0.15, -0.1) is 12.4 Å². The van der Waals surface area contributed by atoms with Crippen molar-refractivity contribution >= 4 is 34.9 Å². The molecule has 0 atom stereocenters. The molecule has 0 radical (unpaired) electrons. The van der Waals surface area contributed by atoms with Crippen LogP contribution in [0, 0.1) is 0 Å². The van der Waals surface area contributed by atoms with Gasteiger partial charge in [0.2, 0.25) is 0 Å². The lowest BCUT2D eigenvalue weighted by Crippen LogP contribution is -2.05. The van der Waals surface area contributed by atoms with E-state index in [1.807, 2.05) is 0 Å². The van der Waals surface area contributed by atoms with Crippen molar-refractivity contribution in [1.29, 1.82) is 0 Å². The monoisotopic (exact) mass is 304 g/mol. The molecule has 0 fully saturated rings. The Kier molecular flexibility index (Phi) is 6.08. The van der Waals surface area contributed by atoms with E-state index in [9.17, 15) is 0 Å². The molecular formula is C12H14Cl2N2O3. The van der Waals surface area contributed by atoms with Crippen LogP contribution in [0.3, 0.4) is 0 Å². The standard InChI is InChI=1S/C12H13ClN2O3.ClH/c1-16-3-4-18-11-6-9-8(5-10(11)17-2)12(13)15-7-14-9;/h5-7H,3-4H2,1-2H3;1H. The summed E-state index contributed by atoms with van der Waals surface area (Å²) in [6.45, 7) is 0.947. The van der Waals surface area contributed by atoms with E-state index < -0.39 is 0 Å². The van der Waals surface area contributed by atoms with Gasteiger partial charge in [-0.1, -0.05) is 11.6 Å². The first kappa shape index (κ1) is 15.8. The molecule has 1 aromatic carbocycles. The Bertz CT molecular complexity index is 552. The van der Waals surface area contributed by atoms with Crippen LogP contribution < -0.4 is 9.47 Å². The van der Waals surface area contributed by atoms with Gasteiger partial charge < -0.3 is 14.2 Å². The minimum absolute atomic E-state index is 0. The number of rotatable bonds is 5. The zero-order chi connectivity index (χ0) is 13.0. The maximum atomic E-state index is 6.00. The zero-order valence-corrected chi connectivity index (χ0v) is 12.1. The Balaban J connectivity index is 0.00000180. The number of fused-ring (bicyclic) bond motifs is 1. The number of ether oxygens (including phenoxy) is 3. The average molecular weight is 305 g/mol. The van der Waals surface area contributed by atoms with Gasteiger partial charge in [0, 0.05) is 18.6 Å². The third-order valence-electron chi connectivity index (χ3n) is 2.42. The van der Waals surface area contributed by atoms with Gasteiger partial charge in [0.05, 0.1) is 19.2 Å². The van der Waals surface area contributed by atoms with Crippen LogP contribution in [0.4, 0.5) is 0 Å². The quantitative estimate of drug-likeness (QED) is 0.628. The summed E-state index contributed by atoms with van der Waals surface area (Å²) in [5.74, 6) is 1.20. The van der Waals surface area contributed by atoms with Gasteiger partial charge >= 0.3 is 0 Å². The molecule has 0 spiro atoms. The minimum Gasteiger partial charge on any atom is -0.493 e. The second-order valence-corrected chi connectivity index (χ2v) is 3.88. The first-order valence-corrected chi connectivity index (χ1v) is 5.74. The van der Waals surface area contributed by atoms with Gasteiger partial charge in [-0.3, -0.25) is 0 Å². The van der Waals surface area contributed by atoms with E-state index >= 15 is 0 Å². The molecule has 1 heterocycles. The molecule has 2 aromatic rings. The second-order valence-electron chi connectivity index (χ2n) is 3.53. The zero-order valence-electron chi connectivity index (χ0n) is 10.6. The van der Waals surface area contributed by atoms with Crippen LogP contribution in [0.1, 0.15) is 0 Å². The molecule has 0 aliphatic carbocycles. The van der Waals surface area contributed by atoms with E-state index in [1.165, 1.54) is 6.33 Å². The average Bonchev–Trinajstić information content (AvgIpc) is 2.39. The van der Waals surface area contributed by atoms with Crippen molar-refractivity contribution in [2.75, 3.05) is 27.4 Å². The highest BCUT2D eigenvalue weighted by atomic mass is 35.5. The van der Waals surface area contributed by atoms with Crippen molar-refractivity contribution in [3.63, 3.8) is 0 Å². The first-order valence-electron chi connectivity index (χ1n) is 5.36. The molecule has 104 valence electrons. The molecule has 0 amide bonds. The molecule has 0 saturated heterocycles. The summed E-state index contributed by atoms with van der Waals surface area (Å²) < 4.78 is 15.8. The van der Waals surface area contributed by atoms with Crippen LogP contribution in [0.5, 0.6) is 11.5 Å². The highest BCUT2D eigenvalue weighted by Gasteiger charge is 2.10. The SMILES string of the molecule is COCCOc1cc2ncnc(Cl)c2cc1OC.Cl. The van der Waals surface area contributed by atoms with Gasteiger partial charge in [-0.2, -0.15) is 0 Å². The molecule has 0 aliphatic heterocycles. The van der Waals surface area contributed by atoms with E-state index in [2.05, 4.69) is 9.97 Å². The van der Waals surface area contributed by atoms with Crippen LogP contribution in [0.25, 0.3) is 10.9 Å². The summed E-state index contributed by atoms with van der Waals surface area (Å²) in [5.41, 5.74) is 0.711. The van der Waals surface area contributed by atoms with Crippen LogP contribution in [-0.4, -0.2) is 37.4 Å². The smallest absolute Gasteiger partial charge is 0.163 e. The van der Waals surface area contributed by atoms with Gasteiger partial charge in [-0.25, -0.2) is 9.97 Å². The summed E-state index contributed by atoms with van der Waals surface area (Å²) in [5, 5.41) is 1.12. The molecule has 1 aromatic heterocycles. The predicted octanol–water partition coefficient (Wildman–Crippen LogP) is 2.74. The number of benzene rings is 1. The largest absolute Gasteiger partial charge is 0.493 e. The van der Waals surface area contributed by atoms with E-state index in [4.69, 9.17) is 25.8 Å². The summed E-state index contributed by atoms with van der Waals surface area (Å²) >= 11 is 6.00. The maximum Gasteiger partial charge on any atom is 0.163 e. The Morgan fingerprint density at radius 3 is 2.58 bits per heavy atom. The van der Waals surface area contributed by atoms with Crippen molar-refractivity contribution in [2.24, 2.45) is 0 Å². The van der Waals surface area contributed by atoms with Crippen molar-refractivity contribution in [1.82, 2.24) is 9.97 Å². The van der Waals surface area contributed by atoms with E-state index in [1.54, 1.807) is 26.4 Å². The predicted molar refractivity (Wildman–Crippen MR) is 75.7 cm³/mol. The van der Waals surface area contributed by atoms with Gasteiger partial charge in [0.15, 0.2) is 11.5 Å². The highest BCUT2D eigenvalue weighted by molar-refractivity contribution is 6.34. The molecule has 0 bridgehead atoms. The summed E-state index contributed by atoms with van der Waals surface area (Å²) in [6, 6.07) is 3.54. The number of hydrogen-bond acceptors (Lipinski definition) is 5. The minimum atomic E-state index is 0. The number of aromatic nitrogens is 2. The Labute approximate surface area is 122 Å². The van der Waals surface area contributed by atoms with Crippen molar-refractivity contribution in [2.45, 2.75) is 0 Å². The number of methoxy groups -OCH3 is 2. The highest BCUT2D eigenvalue weighted by Crippen LogP contribution is 2.33. The summed E-state index contributed by atoms with van der Waals surface area (Å²) in [6.07, 6.45) is 1.41. The molecule has 0 N–H and O–H groups in total. The van der Waals surface area contributed by atoms with Crippen LogP contribution in [0.15, 0.2) is 18.5 Å². The number of hydrogen-bond donors (Lipinski definition) is 0. The lowest BCUT2D eigenvalue weighted by atomic mass is 10.2. The lowest BCUT2D eigenvalue weighted by Gasteiger charge is -2.11. The fraction of sp³-hybridized carbons (Fsp3) is 0.333. The van der Waals surface area contributed by atoms with Gasteiger partial charge in [0.1, 0.15) is 18.1 Å². The molecule has 0 saturated carbocycles. The molecular weight excluding hydrogens is 291 g/mol. The number of nitrogens with zero attached hydrogens (tertiary/aromatic N) is 2. The number of halogens is 2. The van der Waals surface area contributed by atoms with Gasteiger partial charge in [0.25, 0.3) is 0 Å².